The molecule has 31 heavy (non-hydrogen) atoms. The van der Waals surface area contributed by atoms with E-state index in [1.165, 1.54) is 22.4 Å². The molecule has 3 rings (SSSR count). The molecule has 3 aromatic rings. The molecule has 0 spiro atoms. The Kier molecular flexibility index (Phi) is 4.93. The number of nitrogens with zero attached hydrogens (tertiary/aromatic N) is 2. The first kappa shape index (κ1) is 19.6. The lowest BCUT2D eigenvalue weighted by Crippen LogP contribution is -2.43. The highest BCUT2D eigenvalue weighted by atomic mass is 15.2. The van der Waals surface area contributed by atoms with Crippen LogP contribution in [0.15, 0.2) is 30.3 Å². The first-order valence-corrected chi connectivity index (χ1v) is 11.6. The van der Waals surface area contributed by atoms with Gasteiger partial charge in [-0.25, -0.2) is 4.57 Å². The first-order chi connectivity index (χ1) is 15.4. The molecule has 2 nitrogen and oxygen atoms in total. The van der Waals surface area contributed by atoms with Crippen LogP contribution >= 0.6 is 0 Å². The van der Waals surface area contributed by atoms with Crippen LogP contribution in [0.25, 0.3) is 16.7 Å². The monoisotopic (exact) mass is 422 g/mol. The Balaban J connectivity index is 2.58. The summed E-state index contributed by atoms with van der Waals surface area (Å²) in [6.07, 6.45) is 0. The number of imidazole rings is 1. The lowest BCUT2D eigenvalue weighted by atomic mass is 9.80. The first-order valence-electron chi connectivity index (χ1n) is 13.1. The summed E-state index contributed by atoms with van der Waals surface area (Å²) in [5.74, 6) is 1.84. The van der Waals surface area contributed by atoms with Gasteiger partial charge in [0.15, 0.2) is 11.0 Å². The van der Waals surface area contributed by atoms with E-state index in [4.69, 9.17) is 4.11 Å². The van der Waals surface area contributed by atoms with Gasteiger partial charge in [0.1, 0.15) is 5.69 Å². The highest BCUT2D eigenvalue weighted by molar-refractivity contribution is 5.74. The van der Waals surface area contributed by atoms with Gasteiger partial charge in [-0.15, -0.1) is 0 Å². The normalized spacial score (nSPS) is 14.9. The van der Waals surface area contributed by atoms with Crippen molar-refractivity contribution < 1.29 is 8.68 Å². The topological polar surface area (TPSA) is 8.81 Å². The van der Waals surface area contributed by atoms with Crippen LogP contribution in [0.2, 0.25) is 0 Å². The van der Waals surface area contributed by atoms with Crippen molar-refractivity contribution in [3.63, 3.8) is 0 Å². The molecule has 0 aliphatic carbocycles. The zero-order valence-electron chi connectivity index (χ0n) is 24.4. The summed E-state index contributed by atoms with van der Waals surface area (Å²) in [5, 5.41) is 0. The molecule has 0 saturated carbocycles. The van der Waals surface area contributed by atoms with Crippen molar-refractivity contribution in [2.24, 2.45) is 7.05 Å². The molecule has 0 aliphatic rings. The van der Waals surface area contributed by atoms with Crippen molar-refractivity contribution in [3.05, 3.63) is 58.4 Å². The van der Waals surface area contributed by atoms with Gasteiger partial charge in [0, 0.05) is 15.2 Å². The summed E-state index contributed by atoms with van der Waals surface area (Å²) in [6.45, 7) is 20.5. The number of hydrogen-bond donors (Lipinski definition) is 0. The van der Waals surface area contributed by atoms with E-state index in [9.17, 15) is 0 Å². The molecule has 2 aromatic carbocycles. The van der Waals surface area contributed by atoms with E-state index in [0.717, 1.165) is 16.9 Å². The van der Waals surface area contributed by atoms with Crippen molar-refractivity contribution in [2.75, 3.05) is 0 Å². The Morgan fingerprint density at radius 3 is 1.81 bits per heavy atom. The minimum Gasteiger partial charge on any atom is -0.229 e. The summed E-state index contributed by atoms with van der Waals surface area (Å²) in [4.78, 5) is 0. The maximum atomic E-state index is 7.95. The van der Waals surface area contributed by atoms with Gasteiger partial charge in [0.2, 0.25) is 0 Å². The molecule has 0 N–H and O–H groups in total. The van der Waals surface area contributed by atoms with Crippen molar-refractivity contribution in [1.29, 1.82) is 0 Å². The lowest BCUT2D eigenvalue weighted by Gasteiger charge is -2.27. The van der Waals surface area contributed by atoms with Crippen LogP contribution in [0.3, 0.4) is 0 Å². The molecule has 168 valence electrons. The smallest absolute Gasteiger partial charge is 0.229 e. The van der Waals surface area contributed by atoms with Crippen molar-refractivity contribution in [1.82, 2.24) is 4.57 Å². The maximum Gasteiger partial charge on any atom is 0.267 e. The second-order valence-electron chi connectivity index (χ2n) is 11.7. The van der Waals surface area contributed by atoms with E-state index in [1.54, 1.807) is 6.07 Å². The van der Waals surface area contributed by atoms with Crippen LogP contribution in [-0.4, -0.2) is 4.57 Å². The molecule has 1 aromatic heterocycles. The van der Waals surface area contributed by atoms with E-state index in [-0.39, 0.29) is 10.8 Å². The fourth-order valence-corrected chi connectivity index (χ4v) is 4.68. The number of rotatable bonds is 3. The van der Waals surface area contributed by atoms with E-state index in [0.29, 0.717) is 17.4 Å². The predicted octanol–water partition coefficient (Wildman–Crippen LogP) is 7.61. The highest BCUT2D eigenvalue weighted by Gasteiger charge is 2.37. The predicted molar refractivity (Wildman–Crippen MR) is 135 cm³/mol. The lowest BCUT2D eigenvalue weighted by molar-refractivity contribution is -0.583. The molecule has 0 atom stereocenters. The molecule has 0 saturated heterocycles. The molecule has 0 aliphatic heterocycles. The molecule has 0 unspecified atom stereocenters. The Bertz CT molecular complexity index is 1180. The number of fused-ring (bicyclic) bond motifs is 1. The molecule has 0 fully saturated rings. The molecule has 0 amide bonds. The Hall–Kier alpha value is -2.09. The average molecular weight is 423 g/mol. The van der Waals surface area contributed by atoms with Gasteiger partial charge in [0.05, 0.1) is 12.5 Å². The largest absolute Gasteiger partial charge is 0.267 e. The van der Waals surface area contributed by atoms with Crippen LogP contribution in [0.1, 0.15) is 113 Å². The van der Waals surface area contributed by atoms with Gasteiger partial charge in [-0.1, -0.05) is 66.7 Å². The van der Waals surface area contributed by atoms with Crippen LogP contribution in [0, 0.1) is 6.85 Å². The second-order valence-corrected chi connectivity index (χ2v) is 11.7. The summed E-state index contributed by atoms with van der Waals surface area (Å²) >= 11 is 0. The number of hydrogen-bond acceptors (Lipinski definition) is 0. The fourth-order valence-electron chi connectivity index (χ4n) is 4.68. The SMILES string of the molecule is [2H]C([2H])([2H])c1ccc2c(c1)n(C)c(C(C)(C)C)[n+]2-c1c(C(C)C)cc(C(C)(C)C)cc1C(C)C. The van der Waals surface area contributed by atoms with Gasteiger partial charge >= 0.3 is 0 Å². The second kappa shape index (κ2) is 7.80. The third-order valence-corrected chi connectivity index (χ3v) is 6.28. The number of aromatic nitrogens is 2. The van der Waals surface area contributed by atoms with E-state index in [1.807, 2.05) is 12.1 Å². The van der Waals surface area contributed by atoms with Crippen LogP contribution in [-0.2, 0) is 17.9 Å². The number of aryl methyl sites for hydroxylation is 2. The van der Waals surface area contributed by atoms with Crippen LogP contribution in [0.5, 0.6) is 0 Å². The quantitative estimate of drug-likeness (QED) is 0.384. The maximum absolute atomic E-state index is 7.95. The molecule has 1 heterocycles. The number of benzene rings is 2. The molecule has 0 bridgehead atoms. The Labute approximate surface area is 194 Å². The minimum atomic E-state index is -2.13. The zero-order chi connectivity index (χ0) is 26.0. The third kappa shape index (κ3) is 4.19. The summed E-state index contributed by atoms with van der Waals surface area (Å²) in [7, 11) is 2.07. The minimum absolute atomic E-state index is 0.0523. The molecule has 2 heteroatoms. The van der Waals surface area contributed by atoms with Gasteiger partial charge in [0.25, 0.3) is 5.82 Å². The Morgan fingerprint density at radius 2 is 1.39 bits per heavy atom. The van der Waals surface area contributed by atoms with E-state index >= 15 is 0 Å². The van der Waals surface area contributed by atoms with Crippen LogP contribution in [0.4, 0.5) is 0 Å². The van der Waals surface area contributed by atoms with Gasteiger partial charge in [-0.3, -0.25) is 0 Å². The molecular weight excluding hydrogens is 376 g/mol. The standard InChI is InChI=1S/C29H43N2/c1-18(2)22-16-21(28(6,7)8)17-23(19(3)4)26(22)31-24-14-13-20(5)15-25(24)30(12)27(31)29(9,10)11/h13-19H,1-12H3/q+1/i5D3. The highest BCUT2D eigenvalue weighted by Crippen LogP contribution is 2.36. The summed E-state index contributed by atoms with van der Waals surface area (Å²) in [6, 6.07) is 10.4. The Morgan fingerprint density at radius 1 is 0.839 bits per heavy atom. The van der Waals surface area contributed by atoms with E-state index in [2.05, 4.69) is 97.6 Å². The van der Waals surface area contributed by atoms with E-state index < -0.39 is 6.85 Å². The van der Waals surface area contributed by atoms with Gasteiger partial charge < -0.3 is 0 Å². The molecule has 0 radical (unpaired) electrons. The zero-order valence-corrected chi connectivity index (χ0v) is 21.4. The average Bonchev–Trinajstić information content (AvgIpc) is 2.97. The van der Waals surface area contributed by atoms with Gasteiger partial charge in [-0.2, -0.15) is 4.57 Å². The van der Waals surface area contributed by atoms with Crippen molar-refractivity contribution in [3.8, 4) is 5.69 Å². The molecular formula is C29H43N2+. The van der Waals surface area contributed by atoms with Crippen molar-refractivity contribution in [2.45, 2.75) is 98.8 Å². The summed E-state index contributed by atoms with van der Waals surface area (Å²) in [5.41, 5.74) is 7.54. The van der Waals surface area contributed by atoms with Gasteiger partial charge in [-0.05, 0) is 68.1 Å². The van der Waals surface area contributed by atoms with Crippen molar-refractivity contribution >= 4 is 11.0 Å². The fraction of sp³-hybridized carbons (Fsp3) is 0.552. The van der Waals surface area contributed by atoms with Crippen LogP contribution < -0.4 is 4.57 Å². The summed E-state index contributed by atoms with van der Waals surface area (Å²) < 4.78 is 28.4. The third-order valence-electron chi connectivity index (χ3n) is 6.28.